The number of methoxy groups -OCH3 is 2. The second-order valence-electron chi connectivity index (χ2n) is 5.50. The Morgan fingerprint density at radius 1 is 1.00 bits per heavy atom. The smallest absolute Gasteiger partial charge is 0.325 e. The van der Waals surface area contributed by atoms with Gasteiger partial charge in [-0.3, -0.25) is 14.4 Å². The first-order chi connectivity index (χ1) is 13.4. The molecule has 0 fully saturated rings. The van der Waals surface area contributed by atoms with E-state index < -0.39 is 30.9 Å². The Morgan fingerprint density at radius 3 is 2.29 bits per heavy atom. The fraction of sp³-hybridized carbons (Fsp3) is 0.211. The molecule has 0 spiro atoms. The van der Waals surface area contributed by atoms with Crippen LogP contribution in [-0.4, -0.2) is 45.2 Å². The van der Waals surface area contributed by atoms with E-state index in [1.165, 1.54) is 26.4 Å². The molecule has 0 aliphatic carbocycles. The van der Waals surface area contributed by atoms with Crippen molar-refractivity contribution in [1.82, 2.24) is 5.32 Å². The van der Waals surface area contributed by atoms with Crippen molar-refractivity contribution in [2.45, 2.75) is 0 Å². The van der Waals surface area contributed by atoms with E-state index in [0.717, 1.165) is 0 Å². The normalized spacial score (nSPS) is 9.96. The second kappa shape index (κ2) is 10.2. The van der Waals surface area contributed by atoms with Gasteiger partial charge in [-0.05, 0) is 30.3 Å². The Bertz CT molecular complexity index is 849. The number of benzene rings is 2. The van der Waals surface area contributed by atoms with Gasteiger partial charge in [0.1, 0.15) is 18.0 Å². The molecule has 148 valence electrons. The summed E-state index contributed by atoms with van der Waals surface area (Å²) in [6.07, 6.45) is 0. The molecule has 9 heteroatoms. The van der Waals surface area contributed by atoms with Crippen molar-refractivity contribution < 1.29 is 28.6 Å². The molecule has 2 aromatic carbocycles. The van der Waals surface area contributed by atoms with Gasteiger partial charge >= 0.3 is 5.97 Å². The molecule has 0 heterocycles. The number of amides is 2. The van der Waals surface area contributed by atoms with E-state index in [4.69, 9.17) is 25.8 Å². The van der Waals surface area contributed by atoms with Crippen molar-refractivity contribution in [2.75, 3.05) is 32.7 Å². The zero-order valence-corrected chi connectivity index (χ0v) is 16.0. The zero-order chi connectivity index (χ0) is 20.5. The van der Waals surface area contributed by atoms with E-state index >= 15 is 0 Å². The first kappa shape index (κ1) is 21.0. The zero-order valence-electron chi connectivity index (χ0n) is 15.3. The Balaban J connectivity index is 1.80. The molecule has 0 saturated carbocycles. The number of anilines is 1. The number of nitrogens with one attached hydrogen (secondary N) is 2. The van der Waals surface area contributed by atoms with Gasteiger partial charge in [0.2, 0.25) is 0 Å². The monoisotopic (exact) mass is 406 g/mol. The van der Waals surface area contributed by atoms with Gasteiger partial charge in [-0.1, -0.05) is 17.7 Å². The van der Waals surface area contributed by atoms with Crippen LogP contribution in [0.5, 0.6) is 11.5 Å². The van der Waals surface area contributed by atoms with Crippen molar-refractivity contribution >= 4 is 35.1 Å². The number of halogens is 1. The number of hydrogen-bond acceptors (Lipinski definition) is 6. The van der Waals surface area contributed by atoms with Crippen molar-refractivity contribution in [3.8, 4) is 11.5 Å². The molecule has 28 heavy (non-hydrogen) atoms. The summed E-state index contributed by atoms with van der Waals surface area (Å²) in [7, 11) is 2.92. The number of esters is 1. The first-order valence-electron chi connectivity index (χ1n) is 8.13. The van der Waals surface area contributed by atoms with Crippen LogP contribution in [-0.2, 0) is 14.3 Å². The predicted octanol–water partition coefficient (Wildman–Crippen LogP) is 2.27. The molecule has 0 aliphatic rings. The lowest BCUT2D eigenvalue weighted by Crippen LogP contribution is -2.32. The summed E-state index contributed by atoms with van der Waals surface area (Å²) < 4.78 is 15.0. The van der Waals surface area contributed by atoms with Crippen molar-refractivity contribution in [3.05, 3.63) is 53.1 Å². The van der Waals surface area contributed by atoms with E-state index in [-0.39, 0.29) is 5.56 Å². The third kappa shape index (κ3) is 6.48. The highest BCUT2D eigenvalue weighted by Gasteiger charge is 2.13. The Labute approximate surface area is 166 Å². The van der Waals surface area contributed by atoms with Crippen LogP contribution in [0.15, 0.2) is 42.5 Å². The van der Waals surface area contributed by atoms with Crippen LogP contribution in [0.1, 0.15) is 10.4 Å². The van der Waals surface area contributed by atoms with E-state index in [0.29, 0.717) is 22.2 Å². The molecule has 2 amide bonds. The lowest BCUT2D eigenvalue weighted by molar-refractivity contribution is -0.146. The first-order valence-corrected chi connectivity index (χ1v) is 8.51. The molecular formula is C19H19ClN2O6. The quantitative estimate of drug-likeness (QED) is 0.652. The second-order valence-corrected chi connectivity index (χ2v) is 5.94. The molecule has 2 rings (SSSR count). The van der Waals surface area contributed by atoms with Gasteiger partial charge < -0.3 is 24.8 Å². The number of carbonyl (C=O) groups excluding carboxylic acids is 3. The topological polar surface area (TPSA) is 103 Å². The summed E-state index contributed by atoms with van der Waals surface area (Å²) in [5.41, 5.74) is 0.733. The third-order valence-corrected chi connectivity index (χ3v) is 3.71. The van der Waals surface area contributed by atoms with E-state index in [1.54, 1.807) is 30.3 Å². The van der Waals surface area contributed by atoms with E-state index in [2.05, 4.69) is 10.6 Å². The van der Waals surface area contributed by atoms with Gasteiger partial charge in [-0.25, -0.2) is 0 Å². The van der Waals surface area contributed by atoms with Crippen molar-refractivity contribution in [2.24, 2.45) is 0 Å². The SMILES string of the molecule is COc1cc(OC)cc(C(=O)NCC(=O)OCC(=O)Nc2cccc(Cl)c2)c1. The molecule has 0 unspecified atom stereocenters. The number of carbonyl (C=O) groups is 3. The molecule has 0 saturated heterocycles. The molecule has 0 radical (unpaired) electrons. The highest BCUT2D eigenvalue weighted by atomic mass is 35.5. The predicted molar refractivity (Wildman–Crippen MR) is 103 cm³/mol. The molecular weight excluding hydrogens is 388 g/mol. The largest absolute Gasteiger partial charge is 0.497 e. The highest BCUT2D eigenvalue weighted by molar-refractivity contribution is 6.30. The van der Waals surface area contributed by atoms with Crippen LogP contribution in [0.2, 0.25) is 5.02 Å². The molecule has 2 N–H and O–H groups in total. The minimum Gasteiger partial charge on any atom is -0.497 e. The Kier molecular flexibility index (Phi) is 7.65. The average Bonchev–Trinajstić information content (AvgIpc) is 2.69. The number of rotatable bonds is 8. The summed E-state index contributed by atoms with van der Waals surface area (Å²) in [6.45, 7) is -0.892. The fourth-order valence-corrected chi connectivity index (χ4v) is 2.34. The molecule has 0 atom stereocenters. The average molecular weight is 407 g/mol. The van der Waals surface area contributed by atoms with Crippen LogP contribution in [0.25, 0.3) is 0 Å². The van der Waals surface area contributed by atoms with Gasteiger partial charge in [-0.15, -0.1) is 0 Å². The van der Waals surface area contributed by atoms with Gasteiger partial charge in [0.15, 0.2) is 6.61 Å². The molecule has 0 bridgehead atoms. The Hall–Kier alpha value is -3.26. The van der Waals surface area contributed by atoms with Crippen molar-refractivity contribution in [3.63, 3.8) is 0 Å². The lowest BCUT2D eigenvalue weighted by Gasteiger charge is -2.10. The number of ether oxygens (including phenoxy) is 3. The van der Waals surface area contributed by atoms with Crippen LogP contribution < -0.4 is 20.1 Å². The van der Waals surface area contributed by atoms with Gasteiger partial charge in [0.25, 0.3) is 11.8 Å². The summed E-state index contributed by atoms with van der Waals surface area (Å²) in [5.74, 6) is -0.934. The van der Waals surface area contributed by atoms with Gasteiger partial charge in [0.05, 0.1) is 14.2 Å². The highest BCUT2D eigenvalue weighted by Crippen LogP contribution is 2.22. The van der Waals surface area contributed by atoms with Crippen molar-refractivity contribution in [1.29, 1.82) is 0 Å². The third-order valence-electron chi connectivity index (χ3n) is 3.48. The lowest BCUT2D eigenvalue weighted by atomic mass is 10.2. The summed E-state index contributed by atoms with van der Waals surface area (Å²) in [4.78, 5) is 35.7. The molecule has 0 aromatic heterocycles. The van der Waals surface area contributed by atoms with Crippen LogP contribution >= 0.6 is 11.6 Å². The Morgan fingerprint density at radius 2 is 1.68 bits per heavy atom. The number of hydrogen-bond donors (Lipinski definition) is 2. The van der Waals surface area contributed by atoms with E-state index in [1.807, 2.05) is 0 Å². The maximum absolute atomic E-state index is 12.2. The van der Waals surface area contributed by atoms with E-state index in [9.17, 15) is 14.4 Å². The van der Waals surface area contributed by atoms with Crippen LogP contribution in [0.4, 0.5) is 5.69 Å². The molecule has 0 aliphatic heterocycles. The summed E-state index contributed by atoms with van der Waals surface area (Å²) >= 11 is 5.82. The molecule has 8 nitrogen and oxygen atoms in total. The maximum atomic E-state index is 12.2. The van der Waals surface area contributed by atoms with Gasteiger partial charge in [0, 0.05) is 22.3 Å². The summed E-state index contributed by atoms with van der Waals surface area (Å²) in [5, 5.41) is 5.41. The van der Waals surface area contributed by atoms with Gasteiger partial charge in [-0.2, -0.15) is 0 Å². The summed E-state index contributed by atoms with van der Waals surface area (Å²) in [6, 6.07) is 11.2. The molecule has 2 aromatic rings. The minimum absolute atomic E-state index is 0.252. The minimum atomic E-state index is -0.760. The van der Waals surface area contributed by atoms with Crippen LogP contribution in [0.3, 0.4) is 0 Å². The van der Waals surface area contributed by atoms with Crippen LogP contribution in [0, 0.1) is 0 Å². The fourth-order valence-electron chi connectivity index (χ4n) is 2.15. The standard InChI is InChI=1S/C19H19ClN2O6/c1-26-15-6-12(7-16(9-15)27-2)19(25)21-10-18(24)28-11-17(23)22-14-5-3-4-13(20)8-14/h3-9H,10-11H2,1-2H3,(H,21,25)(H,22,23). The maximum Gasteiger partial charge on any atom is 0.325 e.